The van der Waals surface area contributed by atoms with Crippen molar-refractivity contribution in [3.05, 3.63) is 128 Å². The number of methoxy groups -OCH3 is 2. The number of nitrogens with zero attached hydrogens (tertiary/aromatic N) is 8. The molecule has 0 saturated carbocycles. The van der Waals surface area contributed by atoms with Crippen LogP contribution in [0.1, 0.15) is 76.6 Å². The molecular weight excluding hydrogens is 1170 g/mol. The molecule has 2 aromatic carbocycles. The maximum Gasteiger partial charge on any atom is 0.519 e. The minimum Gasteiger partial charge on any atom is -0.449 e. The highest BCUT2D eigenvalue weighted by atomic mass is 31.1. The first-order valence-corrected chi connectivity index (χ1v) is 31.3. The number of hydrogen-bond donors (Lipinski definition) is 2. The largest absolute Gasteiger partial charge is 0.519 e. The highest BCUT2D eigenvalue weighted by molar-refractivity contribution is 7.39. The highest BCUT2D eigenvalue weighted by Gasteiger charge is 2.44. The number of amides is 4. The Kier molecular flexibility index (Phi) is 21.5. The minimum atomic E-state index is -3.43. The first-order chi connectivity index (χ1) is 42.0. The third-order valence-electron chi connectivity index (χ3n) is 14.9. The zero-order valence-corrected chi connectivity index (χ0v) is 50.6. The van der Waals surface area contributed by atoms with Crippen molar-refractivity contribution in [3.63, 3.8) is 0 Å². The average molecular weight is 1240 g/mol. The van der Waals surface area contributed by atoms with Crippen LogP contribution < -0.4 is 32.1 Å². The maximum atomic E-state index is 15.7. The highest BCUT2D eigenvalue weighted by Crippen LogP contribution is 2.32. The van der Waals surface area contributed by atoms with Gasteiger partial charge in [0, 0.05) is 82.9 Å². The van der Waals surface area contributed by atoms with Crippen molar-refractivity contribution in [1.29, 1.82) is 0 Å². The molecule has 0 bridgehead atoms. The van der Waals surface area contributed by atoms with Gasteiger partial charge in [0.25, 0.3) is 11.8 Å². The first kappa shape index (κ1) is 63.4. The van der Waals surface area contributed by atoms with E-state index in [0.29, 0.717) is 74.6 Å². The van der Waals surface area contributed by atoms with Crippen LogP contribution in [0.5, 0.6) is 0 Å². The standard InChI is InChI=1S/C57H68N10O18P2/c1-6-7-24-79-55(72)66-22-23-67(54(71)43(33-87(76)81-31-46-35(3)83-57(74)85-46)61-53(70)41-26-48(65-21-19-39(28-65)78-5)63-51(59-41)37-16-12-9-13-17-37)44(29-66)49(68)42(32-86(75)80-30-45-34(2)82-56(73)84-45)60-52(69)40-25-47(64-20-18-38(27-64)77-4)62-50(58-40)36-14-10-8-11-15-36/h8-17,25-26,38-39,42-44,86-87H,6-7,18-24,27-33H2,1-5H3,(H,60,69)(H,61,70)/t38-,39-,42?,43?,44+/m0/s1. The molecule has 3 aliphatic heterocycles. The van der Waals surface area contributed by atoms with E-state index in [-0.39, 0.29) is 71.4 Å². The van der Waals surface area contributed by atoms with E-state index in [9.17, 15) is 33.1 Å². The van der Waals surface area contributed by atoms with Gasteiger partial charge in [-0.3, -0.25) is 28.3 Å². The van der Waals surface area contributed by atoms with Crippen LogP contribution in [-0.2, 0) is 55.2 Å². The van der Waals surface area contributed by atoms with Gasteiger partial charge in [-0.05, 0) is 33.1 Å². The summed E-state index contributed by atoms with van der Waals surface area (Å²) >= 11 is 0. The van der Waals surface area contributed by atoms with Crippen molar-refractivity contribution in [1.82, 2.24) is 40.4 Å². The number of Topliss-reactive ketones (excluding diaryl/α,β-unsaturated/α-hetero) is 1. The molecule has 2 N–H and O–H groups in total. The van der Waals surface area contributed by atoms with E-state index in [1.165, 1.54) is 30.9 Å². The molecule has 4 unspecified atom stereocenters. The second-order valence-corrected chi connectivity index (χ2v) is 23.7. The minimum absolute atomic E-state index is 0.0302. The molecule has 6 aromatic rings. The van der Waals surface area contributed by atoms with Gasteiger partial charge >= 0.3 is 17.7 Å². The number of carbonyl (C=O) groups excluding carboxylic acids is 5. The molecule has 0 aliphatic carbocycles. The SMILES string of the molecule is CCCCOC(=O)N1CCN(C(=O)C(C[PH](=O)OCc2oc(=O)oc2C)NC(=O)c2cc(N3CC[C@H](OC)C3)nc(-c3ccccc3)n2)[C@@H](C(=O)C(C[PH](=O)OCc2oc(=O)oc2C)NC(=O)c2cc(N3CC[C@H](OC)C3)nc(-c3ccccc3)n2)C1. The Labute approximate surface area is 500 Å². The van der Waals surface area contributed by atoms with Gasteiger partial charge in [0.2, 0.25) is 5.91 Å². The zero-order valence-electron chi connectivity index (χ0n) is 48.6. The molecule has 30 heteroatoms. The summed E-state index contributed by atoms with van der Waals surface area (Å²) in [7, 11) is -3.64. The second kappa shape index (κ2) is 29.5. The van der Waals surface area contributed by atoms with Crippen LogP contribution in [0.3, 0.4) is 0 Å². The molecule has 3 fully saturated rings. The van der Waals surface area contributed by atoms with Gasteiger partial charge in [0.05, 0.1) is 37.6 Å². The summed E-state index contributed by atoms with van der Waals surface area (Å²) in [5, 5.41) is 5.40. The fourth-order valence-corrected chi connectivity index (χ4v) is 12.1. The van der Waals surface area contributed by atoms with Crippen molar-refractivity contribution >= 4 is 57.3 Å². The normalized spacial score (nSPS) is 18.3. The van der Waals surface area contributed by atoms with Crippen molar-refractivity contribution in [2.24, 2.45) is 0 Å². The van der Waals surface area contributed by atoms with Crippen LogP contribution in [-0.4, -0.2) is 169 Å². The molecule has 7 heterocycles. The fraction of sp³-hybridized carbons (Fsp3) is 0.456. The lowest BCUT2D eigenvalue weighted by atomic mass is 10.0. The summed E-state index contributed by atoms with van der Waals surface area (Å²) < 4.78 is 76.5. The number of benzene rings is 2. The lowest BCUT2D eigenvalue weighted by Gasteiger charge is -2.42. The van der Waals surface area contributed by atoms with Gasteiger partial charge in [-0.1, -0.05) is 74.0 Å². The van der Waals surface area contributed by atoms with E-state index < -0.39 is 114 Å². The predicted molar refractivity (Wildman–Crippen MR) is 312 cm³/mol. The van der Waals surface area contributed by atoms with Gasteiger partial charge in [-0.25, -0.2) is 34.3 Å². The monoisotopic (exact) mass is 1240 g/mol. The molecule has 4 amide bonds. The summed E-state index contributed by atoms with van der Waals surface area (Å²) in [5.74, 6) is -4.83. The summed E-state index contributed by atoms with van der Waals surface area (Å²) in [5.41, 5.74) is 0.741. The summed E-state index contributed by atoms with van der Waals surface area (Å²) in [6.45, 7) is 4.51. The Morgan fingerprint density at radius 2 is 1.13 bits per heavy atom. The Morgan fingerprint density at radius 1 is 0.644 bits per heavy atom. The number of aromatic nitrogens is 4. The smallest absolute Gasteiger partial charge is 0.449 e. The van der Waals surface area contributed by atoms with Crippen molar-refractivity contribution < 1.29 is 74.0 Å². The van der Waals surface area contributed by atoms with Crippen LogP contribution in [0.2, 0.25) is 0 Å². The van der Waals surface area contributed by atoms with E-state index >= 15 is 9.59 Å². The van der Waals surface area contributed by atoms with E-state index in [1.54, 1.807) is 74.9 Å². The summed E-state index contributed by atoms with van der Waals surface area (Å²) in [6.07, 6.45) is 0.0420. The van der Waals surface area contributed by atoms with E-state index in [1.807, 2.05) is 16.7 Å². The van der Waals surface area contributed by atoms with E-state index in [2.05, 4.69) is 20.6 Å². The second-order valence-electron chi connectivity index (χ2n) is 20.8. The third-order valence-corrected chi connectivity index (χ3v) is 17.3. The number of carbonyl (C=O) groups is 5. The molecule has 0 spiro atoms. The molecule has 28 nitrogen and oxygen atoms in total. The van der Waals surface area contributed by atoms with Crippen LogP contribution in [0.25, 0.3) is 22.8 Å². The molecule has 3 aliphatic rings. The Bertz CT molecular complexity index is 3580. The number of unbranched alkanes of at least 4 members (excludes halogenated alkanes) is 1. The number of ether oxygens (including phenoxy) is 3. The number of hydrogen-bond acceptors (Lipinski definition) is 24. The van der Waals surface area contributed by atoms with Gasteiger partial charge in [-0.2, -0.15) is 0 Å². The number of anilines is 2. The average Bonchev–Trinajstić information content (AvgIpc) is 1.87. The first-order valence-electron chi connectivity index (χ1n) is 28.3. The predicted octanol–water partition coefficient (Wildman–Crippen LogP) is 5.06. The summed E-state index contributed by atoms with van der Waals surface area (Å²) in [6, 6.07) is 15.4. The quantitative estimate of drug-likeness (QED) is 0.0529. The van der Waals surface area contributed by atoms with Gasteiger partial charge < -0.3 is 71.2 Å². The maximum absolute atomic E-state index is 15.7. The Morgan fingerprint density at radius 3 is 1.57 bits per heavy atom. The number of aryl methyl sites for hydroxylation is 2. The van der Waals surface area contributed by atoms with Gasteiger partial charge in [0.15, 0.2) is 45.0 Å². The molecule has 87 heavy (non-hydrogen) atoms. The summed E-state index contributed by atoms with van der Waals surface area (Å²) in [4.78, 5) is 124. The van der Waals surface area contributed by atoms with Crippen molar-refractivity contribution in [3.8, 4) is 22.8 Å². The number of ketones is 1. The van der Waals surface area contributed by atoms with Crippen LogP contribution >= 0.6 is 16.1 Å². The number of piperazine rings is 1. The molecule has 0 radical (unpaired) electrons. The third kappa shape index (κ3) is 16.3. The number of rotatable bonds is 26. The fourth-order valence-electron chi connectivity index (χ4n) is 10.0. The lowest BCUT2D eigenvalue weighted by Crippen LogP contribution is -2.65. The van der Waals surface area contributed by atoms with E-state index in [4.69, 9.17) is 50.9 Å². The zero-order chi connectivity index (χ0) is 61.7. The Balaban J connectivity index is 1.08. The topological polar surface area (TPSA) is 341 Å². The molecular formula is C57H68N10O18P2. The van der Waals surface area contributed by atoms with Gasteiger partial charge in [-0.15, -0.1) is 0 Å². The van der Waals surface area contributed by atoms with Crippen LogP contribution in [0.15, 0.2) is 100 Å². The molecule has 464 valence electrons. The molecule has 7 atom stereocenters. The molecule has 9 rings (SSSR count). The van der Waals surface area contributed by atoms with Crippen molar-refractivity contribution in [2.45, 2.75) is 90.0 Å². The van der Waals surface area contributed by atoms with Crippen LogP contribution in [0, 0.1) is 13.8 Å². The number of nitrogens with one attached hydrogen (secondary N) is 2. The van der Waals surface area contributed by atoms with Crippen molar-refractivity contribution in [2.75, 3.05) is 88.8 Å². The molecule has 4 aromatic heterocycles. The Hall–Kier alpha value is -8.13. The van der Waals surface area contributed by atoms with Gasteiger partial charge in [0.1, 0.15) is 59.8 Å². The lowest BCUT2D eigenvalue weighted by molar-refractivity contribution is -0.144. The van der Waals surface area contributed by atoms with Crippen LogP contribution in [0.4, 0.5) is 16.4 Å². The molecule has 3 saturated heterocycles. The van der Waals surface area contributed by atoms with E-state index in [0.717, 1.165) is 4.90 Å².